The average Bonchev–Trinajstić information content (AvgIpc) is 2.46. The molecule has 0 aliphatic rings. The second-order valence-corrected chi connectivity index (χ2v) is 5.74. The lowest BCUT2D eigenvalue weighted by molar-refractivity contribution is -0.137. The summed E-state index contributed by atoms with van der Waals surface area (Å²) in [6, 6.07) is 8.06. The lowest BCUT2D eigenvalue weighted by Gasteiger charge is -2.10. The highest BCUT2D eigenvalue weighted by molar-refractivity contribution is 6.42. The molecule has 8 heteroatoms. The van der Waals surface area contributed by atoms with Gasteiger partial charge in [-0.05, 0) is 35.9 Å². The number of hydrogen-bond donors (Lipinski definition) is 0. The van der Waals surface area contributed by atoms with Crippen LogP contribution in [0.5, 0.6) is 0 Å². The van der Waals surface area contributed by atoms with E-state index >= 15 is 0 Å². The summed E-state index contributed by atoms with van der Waals surface area (Å²) < 4.78 is 38.6. The zero-order valence-electron chi connectivity index (χ0n) is 11.4. The molecule has 0 aromatic heterocycles. The topological polar surface area (TPSA) is 21.6 Å². The predicted octanol–water partition coefficient (Wildman–Crippen LogP) is 6.22. The third-order valence-electron chi connectivity index (χ3n) is 2.80. The molecule has 2 aromatic rings. The number of rotatable bonds is 4. The maximum Gasteiger partial charge on any atom is 0.417 e. The molecule has 2 rings (SSSR count). The van der Waals surface area contributed by atoms with Crippen molar-refractivity contribution in [3.8, 4) is 0 Å². The molecule has 2 nitrogen and oxygen atoms in total. The van der Waals surface area contributed by atoms with E-state index in [1.54, 1.807) is 18.2 Å². The summed E-state index contributed by atoms with van der Waals surface area (Å²) in [5.74, 6) is 0. The van der Waals surface area contributed by atoms with Gasteiger partial charge in [0.05, 0.1) is 21.8 Å². The van der Waals surface area contributed by atoms with Crippen molar-refractivity contribution in [2.75, 3.05) is 0 Å². The predicted molar refractivity (Wildman–Crippen MR) is 85.3 cm³/mol. The van der Waals surface area contributed by atoms with Crippen LogP contribution in [0.1, 0.15) is 16.7 Å². The summed E-state index contributed by atoms with van der Waals surface area (Å²) in [5, 5.41) is 4.46. The normalized spacial score (nSPS) is 11.9. The standard InChI is InChI=1S/C15H9Cl3F3NO/c16-11-2-3-12(15(19,20)21)10(6-11)7-22-23-8-9-1-4-13(17)14(18)5-9/h1-7H,8H2. The Morgan fingerprint density at radius 1 is 1.00 bits per heavy atom. The summed E-state index contributed by atoms with van der Waals surface area (Å²) >= 11 is 17.3. The Labute approximate surface area is 145 Å². The molecule has 0 amide bonds. The molecule has 0 N–H and O–H groups in total. The van der Waals surface area contributed by atoms with Gasteiger partial charge in [-0.3, -0.25) is 0 Å². The van der Waals surface area contributed by atoms with Gasteiger partial charge >= 0.3 is 6.18 Å². The molecule has 0 aliphatic heterocycles. The molecule has 0 saturated heterocycles. The fraction of sp³-hybridized carbons (Fsp3) is 0.133. The van der Waals surface area contributed by atoms with Crippen molar-refractivity contribution >= 4 is 41.0 Å². The van der Waals surface area contributed by atoms with E-state index in [2.05, 4.69) is 5.16 Å². The van der Waals surface area contributed by atoms with Crippen molar-refractivity contribution in [2.24, 2.45) is 5.16 Å². The fourth-order valence-electron chi connectivity index (χ4n) is 1.73. The van der Waals surface area contributed by atoms with Crippen molar-refractivity contribution in [1.29, 1.82) is 0 Å². The molecule has 0 fully saturated rings. The number of alkyl halides is 3. The van der Waals surface area contributed by atoms with E-state index in [-0.39, 0.29) is 17.2 Å². The van der Waals surface area contributed by atoms with Crippen LogP contribution in [0.15, 0.2) is 41.6 Å². The fourth-order valence-corrected chi connectivity index (χ4v) is 2.24. The first-order valence-electron chi connectivity index (χ1n) is 6.23. The van der Waals surface area contributed by atoms with Gasteiger partial charge in [-0.2, -0.15) is 13.2 Å². The zero-order chi connectivity index (χ0) is 17.0. The first kappa shape index (κ1) is 17.9. The van der Waals surface area contributed by atoms with Crippen LogP contribution >= 0.6 is 34.8 Å². The maximum absolute atomic E-state index is 12.9. The SMILES string of the molecule is FC(F)(F)c1ccc(Cl)cc1C=NOCc1ccc(Cl)c(Cl)c1. The van der Waals surface area contributed by atoms with Gasteiger partial charge in [-0.15, -0.1) is 0 Å². The first-order chi connectivity index (χ1) is 10.8. The molecular formula is C15H9Cl3F3NO. The number of hydrogen-bond acceptors (Lipinski definition) is 2. The Balaban J connectivity index is 2.08. The molecule has 0 radical (unpaired) electrons. The van der Waals surface area contributed by atoms with Gasteiger partial charge in [-0.25, -0.2) is 0 Å². The molecule has 23 heavy (non-hydrogen) atoms. The maximum atomic E-state index is 12.9. The summed E-state index contributed by atoms with van der Waals surface area (Å²) in [7, 11) is 0. The van der Waals surface area contributed by atoms with Gasteiger partial charge in [-0.1, -0.05) is 46.0 Å². The summed E-state index contributed by atoms with van der Waals surface area (Å²) in [4.78, 5) is 4.98. The van der Waals surface area contributed by atoms with Crippen LogP contribution in [0, 0.1) is 0 Å². The minimum absolute atomic E-state index is 0.0370. The van der Waals surface area contributed by atoms with Crippen molar-refractivity contribution in [3.63, 3.8) is 0 Å². The van der Waals surface area contributed by atoms with Gasteiger partial charge in [0.15, 0.2) is 0 Å². The highest BCUT2D eigenvalue weighted by atomic mass is 35.5. The van der Waals surface area contributed by atoms with Crippen molar-refractivity contribution in [1.82, 2.24) is 0 Å². The Kier molecular flexibility index (Phi) is 5.79. The van der Waals surface area contributed by atoms with Crippen LogP contribution in [0.25, 0.3) is 0 Å². The van der Waals surface area contributed by atoms with E-state index in [1.165, 1.54) is 0 Å². The minimum atomic E-state index is -4.50. The first-order valence-corrected chi connectivity index (χ1v) is 7.37. The summed E-state index contributed by atoms with van der Waals surface area (Å²) in [5.41, 5.74) is -0.346. The minimum Gasteiger partial charge on any atom is -0.391 e. The van der Waals surface area contributed by atoms with Crippen LogP contribution in [0.2, 0.25) is 15.1 Å². The van der Waals surface area contributed by atoms with E-state index < -0.39 is 11.7 Å². The van der Waals surface area contributed by atoms with Crippen molar-refractivity contribution in [2.45, 2.75) is 12.8 Å². The van der Waals surface area contributed by atoms with Gasteiger partial charge in [0.2, 0.25) is 0 Å². The van der Waals surface area contributed by atoms with E-state index in [4.69, 9.17) is 39.6 Å². The second-order valence-electron chi connectivity index (χ2n) is 4.49. The Morgan fingerprint density at radius 3 is 2.39 bits per heavy atom. The molecule has 0 spiro atoms. The highest BCUT2D eigenvalue weighted by Crippen LogP contribution is 2.32. The second kappa shape index (κ2) is 7.43. The van der Waals surface area contributed by atoms with E-state index in [9.17, 15) is 13.2 Å². The Bertz CT molecular complexity index is 732. The van der Waals surface area contributed by atoms with E-state index in [1.807, 2.05) is 0 Å². The molecule has 0 aliphatic carbocycles. The largest absolute Gasteiger partial charge is 0.417 e. The molecular weight excluding hydrogens is 374 g/mol. The molecule has 2 aromatic carbocycles. The van der Waals surface area contributed by atoms with Crippen LogP contribution < -0.4 is 0 Å². The quantitative estimate of drug-likeness (QED) is 0.454. The smallest absolute Gasteiger partial charge is 0.391 e. The van der Waals surface area contributed by atoms with Crippen LogP contribution in [-0.4, -0.2) is 6.21 Å². The third kappa shape index (κ3) is 5.03. The van der Waals surface area contributed by atoms with Crippen molar-refractivity contribution < 1.29 is 18.0 Å². The summed E-state index contributed by atoms with van der Waals surface area (Å²) in [6.45, 7) is 0.0370. The molecule has 0 heterocycles. The zero-order valence-corrected chi connectivity index (χ0v) is 13.6. The molecule has 0 bridgehead atoms. The number of nitrogens with zero attached hydrogens (tertiary/aromatic N) is 1. The van der Waals surface area contributed by atoms with Crippen LogP contribution in [-0.2, 0) is 17.6 Å². The van der Waals surface area contributed by atoms with Crippen molar-refractivity contribution in [3.05, 3.63) is 68.2 Å². The number of benzene rings is 2. The lowest BCUT2D eigenvalue weighted by Crippen LogP contribution is -2.08. The number of halogens is 6. The van der Waals surface area contributed by atoms with Gasteiger partial charge in [0.1, 0.15) is 6.61 Å². The monoisotopic (exact) mass is 381 g/mol. The Hall–Kier alpha value is -1.43. The van der Waals surface area contributed by atoms with Gasteiger partial charge in [0.25, 0.3) is 0 Å². The molecule has 122 valence electrons. The van der Waals surface area contributed by atoms with Crippen LogP contribution in [0.3, 0.4) is 0 Å². The third-order valence-corrected chi connectivity index (χ3v) is 3.77. The summed E-state index contributed by atoms with van der Waals surface area (Å²) in [6.07, 6.45) is -3.54. The van der Waals surface area contributed by atoms with E-state index in [0.717, 1.165) is 24.4 Å². The average molecular weight is 383 g/mol. The molecule has 0 unspecified atom stereocenters. The Morgan fingerprint density at radius 2 is 1.74 bits per heavy atom. The molecule has 0 atom stereocenters. The highest BCUT2D eigenvalue weighted by Gasteiger charge is 2.32. The number of oxime groups is 1. The van der Waals surface area contributed by atoms with E-state index in [0.29, 0.717) is 15.6 Å². The van der Waals surface area contributed by atoms with Gasteiger partial charge in [0, 0.05) is 10.6 Å². The lowest BCUT2D eigenvalue weighted by atomic mass is 10.1. The van der Waals surface area contributed by atoms with Crippen LogP contribution in [0.4, 0.5) is 13.2 Å². The molecule has 0 saturated carbocycles. The van der Waals surface area contributed by atoms with Gasteiger partial charge < -0.3 is 4.84 Å².